The Morgan fingerprint density at radius 2 is 1.72 bits per heavy atom. The Hall–Kier alpha value is -1.35. The van der Waals surface area contributed by atoms with Crippen LogP contribution in [0.25, 0.3) is 0 Å². The SMILES string of the molecule is CCC(=O)c1ccc(NCC(O)(CC)CC)cc1. The molecule has 0 saturated heterocycles. The molecule has 0 fully saturated rings. The average molecular weight is 249 g/mol. The Kier molecular flexibility index (Phi) is 5.35. The lowest BCUT2D eigenvalue weighted by molar-refractivity contribution is 0.0457. The second-order valence-electron chi connectivity index (χ2n) is 4.64. The minimum Gasteiger partial charge on any atom is -0.388 e. The van der Waals surface area contributed by atoms with Crippen LogP contribution in [0.3, 0.4) is 0 Å². The van der Waals surface area contributed by atoms with Crippen LogP contribution in [0, 0.1) is 0 Å². The van der Waals surface area contributed by atoms with Gasteiger partial charge in [0.25, 0.3) is 0 Å². The molecular formula is C15H23NO2. The second-order valence-corrected chi connectivity index (χ2v) is 4.64. The molecule has 0 radical (unpaired) electrons. The topological polar surface area (TPSA) is 49.3 Å². The number of carbonyl (C=O) groups excluding carboxylic acids is 1. The number of rotatable bonds is 7. The monoisotopic (exact) mass is 249 g/mol. The lowest BCUT2D eigenvalue weighted by Gasteiger charge is -2.26. The molecule has 0 saturated carbocycles. The molecule has 0 aliphatic carbocycles. The van der Waals surface area contributed by atoms with Crippen LogP contribution < -0.4 is 5.32 Å². The molecule has 0 spiro atoms. The molecule has 0 bridgehead atoms. The van der Waals surface area contributed by atoms with Crippen LogP contribution in [0.2, 0.25) is 0 Å². The Morgan fingerprint density at radius 3 is 2.17 bits per heavy atom. The van der Waals surface area contributed by atoms with Crippen molar-refractivity contribution >= 4 is 11.5 Å². The molecule has 0 aliphatic heterocycles. The Labute approximate surface area is 109 Å². The number of carbonyl (C=O) groups is 1. The predicted molar refractivity (Wildman–Crippen MR) is 75.1 cm³/mol. The van der Waals surface area contributed by atoms with E-state index in [9.17, 15) is 9.90 Å². The molecule has 0 heterocycles. The van der Waals surface area contributed by atoms with Crippen molar-refractivity contribution in [2.75, 3.05) is 11.9 Å². The van der Waals surface area contributed by atoms with Crippen LogP contribution >= 0.6 is 0 Å². The molecule has 1 rings (SSSR count). The first-order valence-corrected chi connectivity index (χ1v) is 6.64. The van der Waals surface area contributed by atoms with Gasteiger partial charge in [0.2, 0.25) is 0 Å². The first-order chi connectivity index (χ1) is 8.54. The third-order valence-electron chi connectivity index (χ3n) is 3.47. The van der Waals surface area contributed by atoms with Gasteiger partial charge in [-0.1, -0.05) is 20.8 Å². The van der Waals surface area contributed by atoms with Gasteiger partial charge in [0.1, 0.15) is 0 Å². The highest BCUT2D eigenvalue weighted by molar-refractivity contribution is 5.96. The van der Waals surface area contributed by atoms with Gasteiger partial charge < -0.3 is 10.4 Å². The molecule has 0 aromatic heterocycles. The van der Waals surface area contributed by atoms with E-state index in [0.717, 1.165) is 24.1 Å². The summed E-state index contributed by atoms with van der Waals surface area (Å²) in [6.07, 6.45) is 1.98. The Balaban J connectivity index is 2.62. The van der Waals surface area contributed by atoms with Gasteiger partial charge in [-0.05, 0) is 37.1 Å². The lowest BCUT2D eigenvalue weighted by atomic mass is 9.97. The van der Waals surface area contributed by atoms with Gasteiger partial charge in [0.15, 0.2) is 5.78 Å². The van der Waals surface area contributed by atoms with Crippen molar-refractivity contribution in [3.63, 3.8) is 0 Å². The molecule has 3 heteroatoms. The molecule has 0 amide bonds. The van der Waals surface area contributed by atoms with Gasteiger partial charge in [-0.3, -0.25) is 4.79 Å². The predicted octanol–water partition coefficient (Wildman–Crippen LogP) is 3.24. The highest BCUT2D eigenvalue weighted by atomic mass is 16.3. The fourth-order valence-electron chi connectivity index (χ4n) is 1.74. The number of hydrogen-bond donors (Lipinski definition) is 2. The van der Waals surface area contributed by atoms with E-state index < -0.39 is 5.60 Å². The number of aliphatic hydroxyl groups is 1. The van der Waals surface area contributed by atoms with E-state index in [1.54, 1.807) is 0 Å². The quantitative estimate of drug-likeness (QED) is 0.729. The third kappa shape index (κ3) is 3.84. The zero-order valence-electron chi connectivity index (χ0n) is 11.5. The van der Waals surface area contributed by atoms with Crippen molar-refractivity contribution in [1.82, 2.24) is 0 Å². The standard InChI is InChI=1S/C15H23NO2/c1-4-14(17)12-7-9-13(10-8-12)16-11-15(18,5-2)6-3/h7-10,16,18H,4-6,11H2,1-3H3. The van der Waals surface area contributed by atoms with E-state index in [1.807, 2.05) is 45.0 Å². The maximum atomic E-state index is 11.5. The summed E-state index contributed by atoms with van der Waals surface area (Å²) in [5, 5.41) is 13.4. The summed E-state index contributed by atoms with van der Waals surface area (Å²) in [5.41, 5.74) is 1.02. The van der Waals surface area contributed by atoms with Crippen LogP contribution in [0.4, 0.5) is 5.69 Å². The first-order valence-electron chi connectivity index (χ1n) is 6.64. The summed E-state index contributed by atoms with van der Waals surface area (Å²) in [7, 11) is 0. The summed E-state index contributed by atoms with van der Waals surface area (Å²) in [6.45, 7) is 6.35. The molecule has 100 valence electrons. The van der Waals surface area contributed by atoms with Crippen molar-refractivity contribution in [2.24, 2.45) is 0 Å². The van der Waals surface area contributed by atoms with E-state index in [2.05, 4.69) is 5.32 Å². The number of hydrogen-bond acceptors (Lipinski definition) is 3. The van der Waals surface area contributed by atoms with Crippen molar-refractivity contribution < 1.29 is 9.90 Å². The van der Waals surface area contributed by atoms with Gasteiger partial charge in [-0.25, -0.2) is 0 Å². The third-order valence-corrected chi connectivity index (χ3v) is 3.47. The van der Waals surface area contributed by atoms with Crippen molar-refractivity contribution in [1.29, 1.82) is 0 Å². The van der Waals surface area contributed by atoms with Gasteiger partial charge in [0, 0.05) is 24.2 Å². The van der Waals surface area contributed by atoms with Crippen LogP contribution in [-0.2, 0) is 0 Å². The van der Waals surface area contributed by atoms with Gasteiger partial charge in [-0.2, -0.15) is 0 Å². The molecule has 1 aromatic rings. The summed E-state index contributed by atoms with van der Waals surface area (Å²) in [6, 6.07) is 7.42. The summed E-state index contributed by atoms with van der Waals surface area (Å²) < 4.78 is 0. The highest BCUT2D eigenvalue weighted by Crippen LogP contribution is 2.17. The maximum absolute atomic E-state index is 11.5. The van der Waals surface area contributed by atoms with Gasteiger partial charge in [0.05, 0.1) is 5.60 Å². The minimum absolute atomic E-state index is 0.153. The van der Waals surface area contributed by atoms with Crippen LogP contribution in [0.15, 0.2) is 24.3 Å². The van der Waals surface area contributed by atoms with E-state index in [4.69, 9.17) is 0 Å². The molecule has 2 N–H and O–H groups in total. The molecule has 3 nitrogen and oxygen atoms in total. The number of Topliss-reactive ketones (excluding diaryl/α,β-unsaturated/α-hetero) is 1. The van der Waals surface area contributed by atoms with Crippen molar-refractivity contribution in [3.05, 3.63) is 29.8 Å². The molecule has 0 aliphatic rings. The van der Waals surface area contributed by atoms with E-state index in [-0.39, 0.29) is 5.78 Å². The van der Waals surface area contributed by atoms with E-state index in [0.29, 0.717) is 13.0 Å². The number of ketones is 1. The second kappa shape index (κ2) is 6.55. The lowest BCUT2D eigenvalue weighted by Crippen LogP contribution is -2.35. The number of anilines is 1. The van der Waals surface area contributed by atoms with Gasteiger partial charge in [-0.15, -0.1) is 0 Å². The first kappa shape index (κ1) is 14.7. The summed E-state index contributed by atoms with van der Waals surface area (Å²) in [4.78, 5) is 11.5. The van der Waals surface area contributed by atoms with Crippen molar-refractivity contribution in [2.45, 2.75) is 45.6 Å². The largest absolute Gasteiger partial charge is 0.388 e. The Morgan fingerprint density at radius 1 is 1.17 bits per heavy atom. The normalized spacial score (nSPS) is 11.3. The van der Waals surface area contributed by atoms with E-state index in [1.165, 1.54) is 0 Å². The van der Waals surface area contributed by atoms with Crippen LogP contribution in [-0.4, -0.2) is 23.0 Å². The Bertz CT molecular complexity index is 380. The highest BCUT2D eigenvalue weighted by Gasteiger charge is 2.21. The zero-order valence-corrected chi connectivity index (χ0v) is 11.5. The maximum Gasteiger partial charge on any atom is 0.162 e. The summed E-state index contributed by atoms with van der Waals surface area (Å²) in [5.74, 6) is 0.153. The van der Waals surface area contributed by atoms with Crippen LogP contribution in [0.1, 0.15) is 50.4 Å². The summed E-state index contributed by atoms with van der Waals surface area (Å²) >= 11 is 0. The van der Waals surface area contributed by atoms with Crippen LogP contribution in [0.5, 0.6) is 0 Å². The molecule has 0 atom stereocenters. The molecular weight excluding hydrogens is 226 g/mol. The molecule has 0 unspecified atom stereocenters. The minimum atomic E-state index is -0.655. The smallest absolute Gasteiger partial charge is 0.162 e. The molecule has 1 aromatic carbocycles. The fourth-order valence-corrected chi connectivity index (χ4v) is 1.74. The average Bonchev–Trinajstić information content (AvgIpc) is 2.44. The number of benzene rings is 1. The van der Waals surface area contributed by atoms with E-state index >= 15 is 0 Å². The zero-order chi connectivity index (χ0) is 13.6. The molecule has 18 heavy (non-hydrogen) atoms. The van der Waals surface area contributed by atoms with Crippen molar-refractivity contribution in [3.8, 4) is 0 Å². The fraction of sp³-hybridized carbons (Fsp3) is 0.533. The van der Waals surface area contributed by atoms with Gasteiger partial charge >= 0.3 is 0 Å². The number of nitrogens with one attached hydrogen (secondary N) is 1.